The molecule has 1 aliphatic heterocycles. The van der Waals surface area contributed by atoms with Crippen LogP contribution in [0.15, 0.2) is 0 Å². The zero-order chi connectivity index (χ0) is 14.2. The van der Waals surface area contributed by atoms with Gasteiger partial charge in [0.15, 0.2) is 0 Å². The minimum atomic E-state index is -0.0155. The predicted molar refractivity (Wildman–Crippen MR) is 82.3 cm³/mol. The monoisotopic (exact) mass is 280 g/mol. The predicted octanol–water partition coefficient (Wildman–Crippen LogP) is 5.08. The van der Waals surface area contributed by atoms with Crippen molar-refractivity contribution in [2.75, 3.05) is 6.61 Å². The molecular weight excluding hydrogens is 256 g/mol. The van der Waals surface area contributed by atoms with Gasteiger partial charge in [0, 0.05) is 6.61 Å². The zero-order valence-electron chi connectivity index (χ0n) is 12.8. The first-order valence-electron chi connectivity index (χ1n) is 7.27. The van der Waals surface area contributed by atoms with Crippen LogP contribution < -0.4 is 0 Å². The minimum Gasteiger partial charge on any atom is -0.376 e. The molecule has 2 rings (SSSR count). The van der Waals surface area contributed by atoms with Crippen LogP contribution >= 0.6 is 11.6 Å². The highest BCUT2D eigenvalue weighted by atomic mass is 35.5. The molecule has 0 bridgehead atoms. The van der Waals surface area contributed by atoms with Crippen LogP contribution in [-0.4, -0.2) is 12.7 Å². The lowest BCUT2D eigenvalue weighted by atomic mass is 9.86. The topological polar surface area (TPSA) is 9.23 Å². The van der Waals surface area contributed by atoms with E-state index in [0.717, 1.165) is 13.0 Å². The molecule has 2 atom stereocenters. The number of alkyl halides is 1. The first kappa shape index (κ1) is 14.9. The van der Waals surface area contributed by atoms with Crippen LogP contribution in [0, 0.1) is 34.6 Å². The maximum absolute atomic E-state index is 6.77. The van der Waals surface area contributed by atoms with Crippen molar-refractivity contribution in [3.63, 3.8) is 0 Å². The maximum Gasteiger partial charge on any atom is 0.0852 e. The Bertz CT molecular complexity index is 444. The van der Waals surface area contributed by atoms with E-state index in [1.165, 1.54) is 46.2 Å². The molecule has 1 saturated heterocycles. The Kier molecular flexibility index (Phi) is 4.58. The van der Waals surface area contributed by atoms with Gasteiger partial charge in [-0.25, -0.2) is 0 Å². The molecule has 0 N–H and O–H groups in total. The molecule has 0 amide bonds. The van der Waals surface area contributed by atoms with Gasteiger partial charge in [0.1, 0.15) is 0 Å². The van der Waals surface area contributed by atoms with Gasteiger partial charge < -0.3 is 4.74 Å². The van der Waals surface area contributed by atoms with Crippen LogP contribution in [0.5, 0.6) is 0 Å². The standard InChI is InChI=1S/C17H25ClO/c1-10-11(2)13(4)16(14(5)12(10)3)17(18)15-8-6-7-9-19-15/h15,17H,6-9H2,1-5H3. The second-order valence-electron chi connectivity index (χ2n) is 5.85. The summed E-state index contributed by atoms with van der Waals surface area (Å²) in [5.74, 6) is 0. The Balaban J connectivity index is 2.43. The number of benzene rings is 1. The van der Waals surface area contributed by atoms with Crippen molar-refractivity contribution in [3.05, 3.63) is 33.4 Å². The first-order valence-corrected chi connectivity index (χ1v) is 7.71. The van der Waals surface area contributed by atoms with Crippen LogP contribution in [0.25, 0.3) is 0 Å². The lowest BCUT2D eigenvalue weighted by Gasteiger charge is -2.30. The smallest absolute Gasteiger partial charge is 0.0852 e. The zero-order valence-corrected chi connectivity index (χ0v) is 13.5. The summed E-state index contributed by atoms with van der Waals surface area (Å²) in [5.41, 5.74) is 8.13. The van der Waals surface area contributed by atoms with Gasteiger partial charge in [0.2, 0.25) is 0 Å². The highest BCUT2D eigenvalue weighted by molar-refractivity contribution is 6.21. The van der Waals surface area contributed by atoms with E-state index in [9.17, 15) is 0 Å². The van der Waals surface area contributed by atoms with Crippen LogP contribution in [0.1, 0.15) is 58.0 Å². The number of ether oxygens (including phenoxy) is 1. The lowest BCUT2D eigenvalue weighted by Crippen LogP contribution is -2.25. The third-order valence-corrected chi connectivity index (χ3v) is 5.37. The molecule has 1 heterocycles. The number of halogens is 1. The fourth-order valence-corrected chi connectivity index (χ4v) is 3.65. The van der Waals surface area contributed by atoms with E-state index in [0.29, 0.717) is 0 Å². The molecule has 1 fully saturated rings. The Hall–Kier alpha value is -0.530. The van der Waals surface area contributed by atoms with Crippen LogP contribution in [-0.2, 0) is 4.74 Å². The molecule has 1 nitrogen and oxygen atoms in total. The van der Waals surface area contributed by atoms with Gasteiger partial charge in [0.05, 0.1) is 11.5 Å². The van der Waals surface area contributed by atoms with E-state index >= 15 is 0 Å². The van der Waals surface area contributed by atoms with Gasteiger partial charge >= 0.3 is 0 Å². The molecular formula is C17H25ClO. The van der Waals surface area contributed by atoms with Gasteiger partial charge in [0.25, 0.3) is 0 Å². The van der Waals surface area contributed by atoms with Crippen molar-refractivity contribution in [2.45, 2.75) is 65.4 Å². The summed E-state index contributed by atoms with van der Waals surface area (Å²) in [6.07, 6.45) is 3.66. The van der Waals surface area contributed by atoms with E-state index < -0.39 is 0 Å². The van der Waals surface area contributed by atoms with E-state index in [1.807, 2.05) is 0 Å². The largest absolute Gasteiger partial charge is 0.376 e. The quantitative estimate of drug-likeness (QED) is 0.687. The summed E-state index contributed by atoms with van der Waals surface area (Å²) in [4.78, 5) is 0. The van der Waals surface area contributed by atoms with Crippen molar-refractivity contribution < 1.29 is 4.74 Å². The van der Waals surface area contributed by atoms with Crippen molar-refractivity contribution >= 4 is 11.6 Å². The van der Waals surface area contributed by atoms with Crippen molar-refractivity contribution in [1.82, 2.24) is 0 Å². The van der Waals surface area contributed by atoms with Gasteiger partial charge in [-0.3, -0.25) is 0 Å². The van der Waals surface area contributed by atoms with Crippen molar-refractivity contribution in [3.8, 4) is 0 Å². The van der Waals surface area contributed by atoms with E-state index in [2.05, 4.69) is 34.6 Å². The molecule has 2 heteroatoms. The second kappa shape index (κ2) is 5.85. The van der Waals surface area contributed by atoms with Crippen LogP contribution in [0.2, 0.25) is 0 Å². The summed E-state index contributed by atoms with van der Waals surface area (Å²) >= 11 is 6.77. The van der Waals surface area contributed by atoms with Gasteiger partial charge in [-0.2, -0.15) is 0 Å². The molecule has 0 aromatic heterocycles. The molecule has 0 radical (unpaired) electrons. The Morgan fingerprint density at radius 2 is 1.42 bits per heavy atom. The molecule has 0 aliphatic carbocycles. The molecule has 19 heavy (non-hydrogen) atoms. The summed E-state index contributed by atoms with van der Waals surface area (Å²) < 4.78 is 5.88. The third kappa shape index (κ3) is 2.68. The summed E-state index contributed by atoms with van der Waals surface area (Å²) in [6, 6.07) is 0. The Morgan fingerprint density at radius 3 is 1.89 bits per heavy atom. The number of rotatable bonds is 2. The molecule has 1 aromatic carbocycles. The number of hydrogen-bond donors (Lipinski definition) is 0. The first-order chi connectivity index (χ1) is 8.95. The van der Waals surface area contributed by atoms with Crippen molar-refractivity contribution in [2.24, 2.45) is 0 Å². The lowest BCUT2D eigenvalue weighted by molar-refractivity contribution is 0.0134. The molecule has 0 spiro atoms. The molecule has 2 unspecified atom stereocenters. The number of hydrogen-bond acceptors (Lipinski definition) is 1. The van der Waals surface area contributed by atoms with E-state index in [-0.39, 0.29) is 11.5 Å². The fourth-order valence-electron chi connectivity index (χ4n) is 3.12. The minimum absolute atomic E-state index is 0.0155. The second-order valence-corrected chi connectivity index (χ2v) is 6.32. The van der Waals surface area contributed by atoms with Crippen molar-refractivity contribution in [1.29, 1.82) is 0 Å². The summed E-state index contributed by atoms with van der Waals surface area (Å²) in [6.45, 7) is 11.9. The van der Waals surface area contributed by atoms with Crippen LogP contribution in [0.4, 0.5) is 0 Å². The van der Waals surface area contributed by atoms with E-state index in [1.54, 1.807) is 0 Å². The molecule has 106 valence electrons. The fraction of sp³-hybridized carbons (Fsp3) is 0.647. The summed E-state index contributed by atoms with van der Waals surface area (Å²) in [5, 5.41) is -0.0155. The Labute approximate surface area is 122 Å². The van der Waals surface area contributed by atoms with Gasteiger partial charge in [-0.15, -0.1) is 11.6 Å². The third-order valence-electron chi connectivity index (χ3n) is 4.88. The molecule has 1 aliphatic rings. The Morgan fingerprint density at radius 1 is 0.895 bits per heavy atom. The van der Waals surface area contributed by atoms with Gasteiger partial charge in [-0.1, -0.05) is 0 Å². The average molecular weight is 281 g/mol. The molecule has 1 aromatic rings. The highest BCUT2D eigenvalue weighted by Gasteiger charge is 2.28. The normalized spacial score (nSPS) is 21.5. The SMILES string of the molecule is Cc1c(C)c(C)c(C(Cl)C2CCCCO2)c(C)c1C. The highest BCUT2D eigenvalue weighted by Crippen LogP contribution is 2.38. The molecule has 0 saturated carbocycles. The van der Waals surface area contributed by atoms with Gasteiger partial charge in [-0.05, 0) is 87.3 Å². The van der Waals surface area contributed by atoms with Crippen LogP contribution in [0.3, 0.4) is 0 Å². The summed E-state index contributed by atoms with van der Waals surface area (Å²) in [7, 11) is 0. The maximum atomic E-state index is 6.77. The average Bonchev–Trinajstić information content (AvgIpc) is 2.44. The van der Waals surface area contributed by atoms with E-state index in [4.69, 9.17) is 16.3 Å².